The van der Waals surface area contributed by atoms with Gasteiger partial charge >= 0.3 is 0 Å². The van der Waals surface area contributed by atoms with E-state index in [1.165, 1.54) is 0 Å². The summed E-state index contributed by atoms with van der Waals surface area (Å²) in [7, 11) is 0. The molecule has 1 aliphatic rings. The van der Waals surface area contributed by atoms with Crippen molar-refractivity contribution in [3.63, 3.8) is 0 Å². The SMILES string of the molecule is Cc1cc(CCC#N)cc2c1Oc1cc(Nc3ccc(C#N)cc3)c(N)cc1C(=O)N2. The predicted molar refractivity (Wildman–Crippen MR) is 118 cm³/mol. The number of benzene rings is 3. The third kappa shape index (κ3) is 3.98. The molecule has 0 fully saturated rings. The van der Waals surface area contributed by atoms with Gasteiger partial charge in [0, 0.05) is 18.2 Å². The first kappa shape index (κ1) is 19.8. The minimum atomic E-state index is -0.317. The maximum absolute atomic E-state index is 12.8. The van der Waals surface area contributed by atoms with Gasteiger partial charge in [-0.1, -0.05) is 6.07 Å². The standard InChI is InChI=1S/C24H19N5O2/c1-14-9-16(3-2-8-25)10-21-23(14)31-22-12-20(19(27)11-18(22)24(30)29-21)28-17-6-4-15(13-26)5-7-17/h4-7,9-12,28H,2-3,27H2,1H3,(H,29,30). The Morgan fingerprint density at radius 1 is 1.13 bits per heavy atom. The van der Waals surface area contributed by atoms with Gasteiger partial charge in [-0.05, 0) is 60.9 Å². The fourth-order valence-corrected chi connectivity index (χ4v) is 3.47. The van der Waals surface area contributed by atoms with E-state index >= 15 is 0 Å². The van der Waals surface area contributed by atoms with Crippen LogP contribution in [0.4, 0.5) is 22.7 Å². The third-order valence-electron chi connectivity index (χ3n) is 5.01. The van der Waals surface area contributed by atoms with Crippen molar-refractivity contribution < 1.29 is 9.53 Å². The monoisotopic (exact) mass is 409 g/mol. The predicted octanol–water partition coefficient (Wildman–Crippen LogP) is 5.01. The lowest BCUT2D eigenvalue weighted by Gasteiger charge is -2.15. The Morgan fingerprint density at radius 2 is 1.90 bits per heavy atom. The van der Waals surface area contributed by atoms with E-state index in [1.807, 2.05) is 19.1 Å². The molecule has 0 aliphatic carbocycles. The molecule has 0 spiro atoms. The van der Waals surface area contributed by atoms with Gasteiger partial charge in [0.05, 0.1) is 40.3 Å². The number of amides is 1. The first-order chi connectivity index (χ1) is 15.0. The van der Waals surface area contributed by atoms with Crippen molar-refractivity contribution in [2.45, 2.75) is 19.8 Å². The molecule has 3 aromatic carbocycles. The average molecular weight is 409 g/mol. The van der Waals surface area contributed by atoms with Crippen LogP contribution in [0.15, 0.2) is 48.5 Å². The number of anilines is 4. The molecule has 0 unspecified atom stereocenters. The van der Waals surface area contributed by atoms with Crippen LogP contribution in [-0.4, -0.2) is 5.91 Å². The van der Waals surface area contributed by atoms with Gasteiger partial charge in [-0.3, -0.25) is 4.79 Å². The summed E-state index contributed by atoms with van der Waals surface area (Å²) in [5.74, 6) is 0.624. The Morgan fingerprint density at radius 3 is 2.61 bits per heavy atom. The largest absolute Gasteiger partial charge is 0.454 e. The van der Waals surface area contributed by atoms with Gasteiger partial charge < -0.3 is 21.1 Å². The molecule has 4 rings (SSSR count). The molecule has 0 atom stereocenters. The van der Waals surface area contributed by atoms with Crippen LogP contribution in [0.2, 0.25) is 0 Å². The van der Waals surface area contributed by atoms with Crippen LogP contribution in [0, 0.1) is 29.6 Å². The summed E-state index contributed by atoms with van der Waals surface area (Å²) in [4.78, 5) is 12.8. The van der Waals surface area contributed by atoms with Crippen LogP contribution in [0.25, 0.3) is 0 Å². The van der Waals surface area contributed by atoms with Crippen LogP contribution in [0.3, 0.4) is 0 Å². The second-order valence-corrected chi connectivity index (χ2v) is 7.25. The van der Waals surface area contributed by atoms with E-state index in [9.17, 15) is 4.79 Å². The number of nitrogens with two attached hydrogens (primary N) is 1. The van der Waals surface area contributed by atoms with E-state index in [0.717, 1.165) is 16.8 Å². The number of rotatable bonds is 4. The zero-order valence-corrected chi connectivity index (χ0v) is 16.8. The zero-order chi connectivity index (χ0) is 22.0. The lowest BCUT2D eigenvalue weighted by Crippen LogP contribution is -2.11. The number of nitrogens with one attached hydrogen (secondary N) is 2. The molecule has 1 heterocycles. The number of aryl methyl sites for hydroxylation is 2. The number of carbonyl (C=O) groups excluding carboxylic acids is 1. The molecule has 7 heteroatoms. The van der Waals surface area contributed by atoms with E-state index in [-0.39, 0.29) is 5.91 Å². The van der Waals surface area contributed by atoms with E-state index < -0.39 is 0 Å². The van der Waals surface area contributed by atoms with Crippen molar-refractivity contribution in [3.8, 4) is 23.6 Å². The molecule has 7 nitrogen and oxygen atoms in total. The van der Waals surface area contributed by atoms with Crippen LogP contribution in [-0.2, 0) is 6.42 Å². The van der Waals surface area contributed by atoms with Crippen molar-refractivity contribution >= 4 is 28.7 Å². The summed E-state index contributed by atoms with van der Waals surface area (Å²) < 4.78 is 6.15. The summed E-state index contributed by atoms with van der Waals surface area (Å²) >= 11 is 0. The Bertz CT molecular complexity index is 1270. The van der Waals surface area contributed by atoms with Crippen LogP contribution in [0.5, 0.6) is 11.5 Å². The highest BCUT2D eigenvalue weighted by Crippen LogP contribution is 2.42. The molecule has 1 amide bonds. The molecule has 0 radical (unpaired) electrons. The number of carbonyl (C=O) groups is 1. The minimum Gasteiger partial charge on any atom is -0.454 e. The fraction of sp³-hybridized carbons (Fsp3) is 0.125. The number of nitriles is 2. The Hall–Kier alpha value is -4.49. The molecule has 4 N–H and O–H groups in total. The Balaban J connectivity index is 1.70. The van der Waals surface area contributed by atoms with E-state index in [0.29, 0.717) is 52.5 Å². The molecular formula is C24H19N5O2. The lowest BCUT2D eigenvalue weighted by atomic mass is 10.0. The Kier molecular flexibility index (Phi) is 5.17. The molecule has 0 saturated heterocycles. The summed E-state index contributed by atoms with van der Waals surface area (Å²) in [6.07, 6.45) is 0.993. The van der Waals surface area contributed by atoms with Gasteiger partial charge in [-0.15, -0.1) is 0 Å². The number of hydrogen-bond donors (Lipinski definition) is 3. The molecule has 0 bridgehead atoms. The van der Waals surface area contributed by atoms with E-state index in [4.69, 9.17) is 21.0 Å². The molecule has 3 aromatic rings. The first-order valence-corrected chi connectivity index (χ1v) is 9.69. The molecule has 152 valence electrons. The van der Waals surface area contributed by atoms with Crippen molar-refractivity contribution in [1.29, 1.82) is 10.5 Å². The second kappa shape index (κ2) is 8.10. The number of ether oxygens (including phenoxy) is 1. The highest BCUT2D eigenvalue weighted by Gasteiger charge is 2.24. The zero-order valence-electron chi connectivity index (χ0n) is 16.8. The quantitative estimate of drug-likeness (QED) is 0.521. The van der Waals surface area contributed by atoms with Gasteiger partial charge in [0.1, 0.15) is 5.75 Å². The summed E-state index contributed by atoms with van der Waals surface area (Å²) in [5, 5.41) is 23.9. The molecule has 0 aromatic heterocycles. The molecule has 1 aliphatic heterocycles. The number of nitrogens with zero attached hydrogens (tertiary/aromatic N) is 2. The van der Waals surface area contributed by atoms with Crippen molar-refractivity contribution in [1.82, 2.24) is 0 Å². The molecule has 31 heavy (non-hydrogen) atoms. The Labute approximate surface area is 179 Å². The first-order valence-electron chi connectivity index (χ1n) is 9.69. The lowest BCUT2D eigenvalue weighted by molar-refractivity contribution is 0.102. The van der Waals surface area contributed by atoms with Crippen molar-refractivity contribution in [2.75, 3.05) is 16.4 Å². The van der Waals surface area contributed by atoms with Gasteiger partial charge in [0.15, 0.2) is 5.75 Å². The fourth-order valence-electron chi connectivity index (χ4n) is 3.47. The maximum Gasteiger partial charge on any atom is 0.259 e. The van der Waals surface area contributed by atoms with E-state index in [1.54, 1.807) is 36.4 Å². The maximum atomic E-state index is 12.8. The van der Waals surface area contributed by atoms with Gasteiger partial charge in [-0.2, -0.15) is 10.5 Å². The van der Waals surface area contributed by atoms with Crippen LogP contribution >= 0.6 is 0 Å². The van der Waals surface area contributed by atoms with Crippen LogP contribution < -0.4 is 21.1 Å². The summed E-state index contributed by atoms with van der Waals surface area (Å²) in [6, 6.07) is 18.2. The second-order valence-electron chi connectivity index (χ2n) is 7.25. The number of nitrogen functional groups attached to an aromatic ring is 1. The normalized spacial score (nSPS) is 11.6. The van der Waals surface area contributed by atoms with Gasteiger partial charge in [0.25, 0.3) is 5.91 Å². The van der Waals surface area contributed by atoms with E-state index in [2.05, 4.69) is 22.8 Å². The highest BCUT2D eigenvalue weighted by atomic mass is 16.5. The summed E-state index contributed by atoms with van der Waals surface area (Å²) in [6.45, 7) is 1.90. The highest BCUT2D eigenvalue weighted by molar-refractivity contribution is 6.09. The number of hydrogen-bond acceptors (Lipinski definition) is 6. The third-order valence-corrected chi connectivity index (χ3v) is 5.01. The van der Waals surface area contributed by atoms with Crippen LogP contribution in [0.1, 0.15) is 33.5 Å². The average Bonchev–Trinajstić information content (AvgIpc) is 2.89. The number of fused-ring (bicyclic) bond motifs is 2. The molecule has 0 saturated carbocycles. The smallest absolute Gasteiger partial charge is 0.259 e. The topological polar surface area (TPSA) is 124 Å². The molecular weight excluding hydrogens is 390 g/mol. The van der Waals surface area contributed by atoms with Crippen molar-refractivity contribution in [2.24, 2.45) is 0 Å². The van der Waals surface area contributed by atoms with Gasteiger partial charge in [-0.25, -0.2) is 0 Å². The minimum absolute atomic E-state index is 0.317. The van der Waals surface area contributed by atoms with Crippen molar-refractivity contribution in [3.05, 3.63) is 70.8 Å². The van der Waals surface area contributed by atoms with Gasteiger partial charge in [0.2, 0.25) is 0 Å². The summed E-state index contributed by atoms with van der Waals surface area (Å²) in [5.41, 5.74) is 11.2.